The number of rotatable bonds is 6. The maximum Gasteiger partial charge on any atom is 0.319 e. The van der Waals surface area contributed by atoms with Crippen LogP contribution in [0.5, 0.6) is 0 Å². The number of anilines is 1. The predicted octanol–water partition coefficient (Wildman–Crippen LogP) is 2.62. The molecule has 4 nitrogen and oxygen atoms in total. The van der Waals surface area contributed by atoms with Gasteiger partial charge in [-0.25, -0.2) is 4.79 Å². The van der Waals surface area contributed by atoms with Crippen molar-refractivity contribution in [3.05, 3.63) is 29.8 Å². The third-order valence-corrected chi connectivity index (χ3v) is 3.48. The standard InChI is InChI=1S/C14H22N2O2S/c1-11-6-4-5-7-12(11)16-13(17)15-10-14(2,18)8-9-19-3/h4-7,18H,8-10H2,1-3H3,(H2,15,16,17)/t14-/m0/s1. The van der Waals surface area contributed by atoms with E-state index in [9.17, 15) is 9.90 Å². The van der Waals surface area contributed by atoms with Gasteiger partial charge in [-0.3, -0.25) is 0 Å². The van der Waals surface area contributed by atoms with Gasteiger partial charge in [-0.05, 0) is 43.9 Å². The number of para-hydroxylation sites is 1. The third kappa shape index (κ3) is 5.98. The Hall–Kier alpha value is -1.20. The second kappa shape index (κ2) is 7.40. The van der Waals surface area contributed by atoms with Gasteiger partial charge in [0.05, 0.1) is 5.60 Å². The number of hydrogen-bond donors (Lipinski definition) is 3. The van der Waals surface area contributed by atoms with Crippen molar-refractivity contribution in [3.63, 3.8) is 0 Å². The van der Waals surface area contributed by atoms with Crippen molar-refractivity contribution in [2.75, 3.05) is 23.9 Å². The van der Waals surface area contributed by atoms with Crippen LogP contribution < -0.4 is 10.6 Å². The van der Waals surface area contributed by atoms with E-state index in [0.717, 1.165) is 17.0 Å². The van der Waals surface area contributed by atoms with Crippen molar-refractivity contribution in [1.82, 2.24) is 5.32 Å². The van der Waals surface area contributed by atoms with E-state index in [4.69, 9.17) is 0 Å². The Kier molecular flexibility index (Phi) is 6.18. The second-order valence-corrected chi connectivity index (χ2v) is 5.85. The normalized spacial score (nSPS) is 13.7. The van der Waals surface area contributed by atoms with Gasteiger partial charge in [0.25, 0.3) is 0 Å². The molecule has 0 aromatic heterocycles. The van der Waals surface area contributed by atoms with Crippen LogP contribution in [0.4, 0.5) is 10.5 Å². The molecule has 0 saturated carbocycles. The van der Waals surface area contributed by atoms with Gasteiger partial charge in [0.15, 0.2) is 0 Å². The molecule has 1 rings (SSSR count). The van der Waals surface area contributed by atoms with Crippen LogP contribution in [0.25, 0.3) is 0 Å². The Morgan fingerprint density at radius 1 is 1.42 bits per heavy atom. The number of aliphatic hydroxyl groups is 1. The van der Waals surface area contributed by atoms with Gasteiger partial charge in [-0.15, -0.1) is 0 Å². The number of carbonyl (C=O) groups is 1. The van der Waals surface area contributed by atoms with E-state index in [0.29, 0.717) is 6.42 Å². The van der Waals surface area contributed by atoms with Crippen LogP contribution in [0.1, 0.15) is 18.9 Å². The van der Waals surface area contributed by atoms with E-state index in [-0.39, 0.29) is 12.6 Å². The van der Waals surface area contributed by atoms with Crippen molar-refractivity contribution >= 4 is 23.5 Å². The highest BCUT2D eigenvalue weighted by Crippen LogP contribution is 2.14. The zero-order valence-corrected chi connectivity index (χ0v) is 12.5. The lowest BCUT2D eigenvalue weighted by atomic mass is 10.0. The fraction of sp³-hybridized carbons (Fsp3) is 0.500. The fourth-order valence-corrected chi connectivity index (χ4v) is 2.20. The lowest BCUT2D eigenvalue weighted by Crippen LogP contribution is -2.42. The Morgan fingerprint density at radius 3 is 2.74 bits per heavy atom. The molecule has 0 saturated heterocycles. The minimum atomic E-state index is -0.869. The maximum absolute atomic E-state index is 11.7. The van der Waals surface area contributed by atoms with E-state index in [1.807, 2.05) is 37.4 Å². The zero-order chi connectivity index (χ0) is 14.3. The largest absolute Gasteiger partial charge is 0.388 e. The molecule has 0 aliphatic carbocycles. The summed E-state index contributed by atoms with van der Waals surface area (Å²) in [6, 6.07) is 7.28. The summed E-state index contributed by atoms with van der Waals surface area (Å²) in [6.07, 6.45) is 2.65. The number of thioether (sulfide) groups is 1. The molecule has 2 amide bonds. The SMILES string of the molecule is CSCC[C@](C)(O)CNC(=O)Nc1ccccc1C. The quantitative estimate of drug-likeness (QED) is 0.751. The molecule has 0 aliphatic heterocycles. The highest BCUT2D eigenvalue weighted by atomic mass is 32.2. The summed E-state index contributed by atoms with van der Waals surface area (Å²) in [4.78, 5) is 11.7. The van der Waals surface area contributed by atoms with Crippen LogP contribution in [0.3, 0.4) is 0 Å². The number of benzene rings is 1. The summed E-state index contributed by atoms with van der Waals surface area (Å²) in [6.45, 7) is 3.91. The number of urea groups is 1. The molecule has 5 heteroatoms. The number of hydrogen-bond acceptors (Lipinski definition) is 3. The molecule has 106 valence electrons. The van der Waals surface area contributed by atoms with Gasteiger partial charge in [0.1, 0.15) is 0 Å². The lowest BCUT2D eigenvalue weighted by Gasteiger charge is -2.23. The Bertz CT molecular complexity index is 422. The van der Waals surface area contributed by atoms with E-state index < -0.39 is 5.60 Å². The molecule has 0 fully saturated rings. The van der Waals surface area contributed by atoms with Crippen molar-refractivity contribution in [1.29, 1.82) is 0 Å². The van der Waals surface area contributed by atoms with Crippen LogP contribution in [-0.4, -0.2) is 35.3 Å². The molecule has 0 bridgehead atoms. The summed E-state index contributed by atoms with van der Waals surface area (Å²) < 4.78 is 0. The molecule has 1 aromatic carbocycles. The Morgan fingerprint density at radius 2 is 2.11 bits per heavy atom. The molecule has 0 radical (unpaired) electrons. The van der Waals surface area contributed by atoms with E-state index in [1.165, 1.54) is 0 Å². The van der Waals surface area contributed by atoms with Gasteiger partial charge in [-0.2, -0.15) is 11.8 Å². The van der Waals surface area contributed by atoms with Gasteiger partial charge in [0, 0.05) is 12.2 Å². The van der Waals surface area contributed by atoms with Crippen LogP contribution >= 0.6 is 11.8 Å². The monoisotopic (exact) mass is 282 g/mol. The first kappa shape index (κ1) is 15.9. The summed E-state index contributed by atoms with van der Waals surface area (Å²) in [5.74, 6) is 0.869. The zero-order valence-electron chi connectivity index (χ0n) is 11.7. The summed E-state index contributed by atoms with van der Waals surface area (Å²) in [5.41, 5.74) is 0.919. The number of amides is 2. The number of carbonyl (C=O) groups excluding carboxylic acids is 1. The first-order chi connectivity index (χ1) is 8.94. The first-order valence-corrected chi connectivity index (χ1v) is 7.66. The topological polar surface area (TPSA) is 61.4 Å². The Labute approximate surface area is 119 Å². The maximum atomic E-state index is 11.7. The lowest BCUT2D eigenvalue weighted by molar-refractivity contribution is 0.0599. The predicted molar refractivity (Wildman–Crippen MR) is 81.8 cm³/mol. The Balaban J connectivity index is 2.42. The first-order valence-electron chi connectivity index (χ1n) is 6.26. The molecule has 0 aliphatic rings. The highest BCUT2D eigenvalue weighted by Gasteiger charge is 2.20. The second-order valence-electron chi connectivity index (χ2n) is 4.86. The molecule has 1 aromatic rings. The molecule has 1 atom stereocenters. The van der Waals surface area contributed by atoms with Crippen molar-refractivity contribution in [3.8, 4) is 0 Å². The minimum Gasteiger partial charge on any atom is -0.388 e. The smallest absolute Gasteiger partial charge is 0.319 e. The van der Waals surface area contributed by atoms with Crippen molar-refractivity contribution in [2.45, 2.75) is 25.9 Å². The van der Waals surface area contributed by atoms with Gasteiger partial charge in [0.2, 0.25) is 0 Å². The molecule has 0 heterocycles. The van der Waals surface area contributed by atoms with Gasteiger partial charge >= 0.3 is 6.03 Å². The van der Waals surface area contributed by atoms with E-state index in [1.54, 1.807) is 18.7 Å². The van der Waals surface area contributed by atoms with Crippen molar-refractivity contribution < 1.29 is 9.90 Å². The van der Waals surface area contributed by atoms with Crippen LogP contribution in [0, 0.1) is 6.92 Å². The molecule has 0 unspecified atom stereocenters. The van der Waals surface area contributed by atoms with E-state index in [2.05, 4.69) is 10.6 Å². The molecular weight excluding hydrogens is 260 g/mol. The number of nitrogens with one attached hydrogen (secondary N) is 2. The molecule has 0 spiro atoms. The summed E-state index contributed by atoms with van der Waals surface area (Å²) in [5, 5.41) is 15.5. The minimum absolute atomic E-state index is 0.241. The molecule has 19 heavy (non-hydrogen) atoms. The highest BCUT2D eigenvalue weighted by molar-refractivity contribution is 7.98. The average Bonchev–Trinajstić information content (AvgIpc) is 2.37. The van der Waals surface area contributed by atoms with Crippen LogP contribution in [0.15, 0.2) is 24.3 Å². The number of aryl methyl sites for hydroxylation is 1. The summed E-state index contributed by atoms with van der Waals surface area (Å²) >= 11 is 1.68. The third-order valence-electron chi connectivity index (χ3n) is 2.87. The van der Waals surface area contributed by atoms with Gasteiger partial charge in [-0.1, -0.05) is 18.2 Å². The molecule has 3 N–H and O–H groups in total. The van der Waals surface area contributed by atoms with Crippen LogP contribution in [0.2, 0.25) is 0 Å². The molecular formula is C14H22N2O2S. The van der Waals surface area contributed by atoms with Crippen LogP contribution in [-0.2, 0) is 0 Å². The fourth-order valence-electron chi connectivity index (χ4n) is 1.56. The summed E-state index contributed by atoms with van der Waals surface area (Å²) in [7, 11) is 0. The van der Waals surface area contributed by atoms with Gasteiger partial charge < -0.3 is 15.7 Å². The van der Waals surface area contributed by atoms with E-state index >= 15 is 0 Å². The average molecular weight is 282 g/mol. The van der Waals surface area contributed by atoms with Crippen molar-refractivity contribution in [2.24, 2.45) is 0 Å².